The number of anilines is 1. The van der Waals surface area contributed by atoms with E-state index in [-0.39, 0.29) is 27.9 Å². The predicted octanol–water partition coefficient (Wildman–Crippen LogP) is 2.42. The van der Waals surface area contributed by atoms with E-state index in [1.54, 1.807) is 12.1 Å². The van der Waals surface area contributed by atoms with E-state index in [2.05, 4.69) is 15.6 Å². The molecule has 3 N–H and O–H groups in total. The van der Waals surface area contributed by atoms with Gasteiger partial charge in [0.2, 0.25) is 5.56 Å². The van der Waals surface area contributed by atoms with Crippen molar-refractivity contribution in [3.8, 4) is 0 Å². The monoisotopic (exact) mass is 387 g/mol. The summed E-state index contributed by atoms with van der Waals surface area (Å²) >= 11 is 6.01. The lowest BCUT2D eigenvalue weighted by Gasteiger charge is -2.26. The molecule has 140 valence electrons. The number of aromatic amines is 1. The second-order valence-corrected chi connectivity index (χ2v) is 7.19. The Morgan fingerprint density at radius 1 is 1.26 bits per heavy atom. The van der Waals surface area contributed by atoms with Gasteiger partial charge < -0.3 is 20.4 Å². The van der Waals surface area contributed by atoms with E-state index < -0.39 is 11.9 Å². The molecule has 0 aliphatic carbocycles. The minimum atomic E-state index is -0.595. The Kier molecular flexibility index (Phi) is 4.49. The Bertz CT molecular complexity index is 1000. The van der Waals surface area contributed by atoms with Gasteiger partial charge in [-0.05, 0) is 43.0 Å². The summed E-state index contributed by atoms with van der Waals surface area (Å²) in [6, 6.07) is 6.55. The quantitative estimate of drug-likeness (QED) is 0.702. The first-order chi connectivity index (χ1) is 13.0. The average molecular weight is 388 g/mol. The van der Waals surface area contributed by atoms with Crippen LogP contribution < -0.4 is 16.2 Å². The molecule has 4 rings (SSSR count). The fourth-order valence-corrected chi connectivity index (χ4v) is 4.10. The summed E-state index contributed by atoms with van der Waals surface area (Å²) in [6.07, 6.45) is 2.69. The highest BCUT2D eigenvalue weighted by Crippen LogP contribution is 2.36. The zero-order valence-corrected chi connectivity index (χ0v) is 15.4. The van der Waals surface area contributed by atoms with E-state index in [0.29, 0.717) is 11.7 Å². The molecule has 2 unspecified atom stereocenters. The van der Waals surface area contributed by atoms with E-state index >= 15 is 0 Å². The highest BCUT2D eigenvalue weighted by atomic mass is 35.5. The van der Waals surface area contributed by atoms with Gasteiger partial charge in [-0.15, -0.1) is 0 Å². The summed E-state index contributed by atoms with van der Waals surface area (Å²) in [5, 5.41) is 6.45. The smallest absolute Gasteiger partial charge is 0.339 e. The number of H-pyrrole nitrogens is 1. The normalized spacial score (nSPS) is 20.1. The first-order valence-corrected chi connectivity index (χ1v) is 9.05. The van der Waals surface area contributed by atoms with Gasteiger partial charge >= 0.3 is 5.97 Å². The van der Waals surface area contributed by atoms with Crippen molar-refractivity contribution in [2.24, 2.45) is 0 Å². The van der Waals surface area contributed by atoms with Crippen LogP contribution in [0.4, 0.5) is 5.69 Å². The van der Waals surface area contributed by atoms with Crippen LogP contribution in [0.2, 0.25) is 5.02 Å². The summed E-state index contributed by atoms with van der Waals surface area (Å²) in [6.45, 7) is 0. The summed E-state index contributed by atoms with van der Waals surface area (Å²) < 4.78 is 4.69. The number of benzene rings is 1. The third-order valence-electron chi connectivity index (χ3n) is 5.08. The number of amides is 1. The van der Waals surface area contributed by atoms with Crippen LogP contribution in [-0.4, -0.2) is 30.0 Å². The number of nitrogens with one attached hydrogen (secondary N) is 3. The zero-order valence-electron chi connectivity index (χ0n) is 14.6. The second kappa shape index (κ2) is 6.83. The van der Waals surface area contributed by atoms with Crippen molar-refractivity contribution in [3.63, 3.8) is 0 Å². The number of hydrogen-bond acceptors (Lipinski definition) is 5. The Hall–Kier alpha value is -2.64. The molecule has 2 bridgehead atoms. The standard InChI is InChI=1S/C19H18ClN3O4/c1-27-19(26)12-8-11(2-4-13(12)20)22-18(25)17-16-9(7-15(24)23-17)6-10-3-5-14(16)21-10/h2,4,7-8,10,14,21H,3,5-6H2,1H3,(H,22,25)(H,23,24). The largest absolute Gasteiger partial charge is 0.465 e. The Labute approximate surface area is 160 Å². The lowest BCUT2D eigenvalue weighted by molar-refractivity contribution is 0.0600. The molecule has 0 radical (unpaired) electrons. The molecule has 2 atom stereocenters. The molecule has 1 saturated heterocycles. The molecular weight excluding hydrogens is 370 g/mol. The molecular formula is C19H18ClN3O4. The highest BCUT2D eigenvalue weighted by Gasteiger charge is 2.35. The molecule has 0 saturated carbocycles. The van der Waals surface area contributed by atoms with Crippen molar-refractivity contribution in [1.82, 2.24) is 10.3 Å². The molecule has 3 heterocycles. The van der Waals surface area contributed by atoms with E-state index in [1.807, 2.05) is 0 Å². The van der Waals surface area contributed by atoms with Crippen molar-refractivity contribution >= 4 is 29.2 Å². The van der Waals surface area contributed by atoms with Crippen molar-refractivity contribution in [3.05, 3.63) is 62.0 Å². The van der Waals surface area contributed by atoms with Gasteiger partial charge in [0.1, 0.15) is 5.69 Å². The van der Waals surface area contributed by atoms with Gasteiger partial charge in [-0.25, -0.2) is 4.79 Å². The van der Waals surface area contributed by atoms with Crippen molar-refractivity contribution in [2.75, 3.05) is 12.4 Å². The van der Waals surface area contributed by atoms with Crippen LogP contribution in [-0.2, 0) is 11.2 Å². The molecule has 2 aliphatic heterocycles. The number of ether oxygens (including phenoxy) is 1. The van der Waals surface area contributed by atoms with Crippen LogP contribution in [0.15, 0.2) is 29.1 Å². The maximum Gasteiger partial charge on any atom is 0.339 e. The van der Waals surface area contributed by atoms with Crippen LogP contribution in [0.25, 0.3) is 0 Å². The number of hydrogen-bond donors (Lipinski definition) is 3. The van der Waals surface area contributed by atoms with Crippen LogP contribution >= 0.6 is 11.6 Å². The maximum absolute atomic E-state index is 12.9. The van der Waals surface area contributed by atoms with Gasteiger partial charge in [0.25, 0.3) is 5.91 Å². The predicted molar refractivity (Wildman–Crippen MR) is 100 cm³/mol. The minimum absolute atomic E-state index is 0.0622. The van der Waals surface area contributed by atoms with Crippen LogP contribution in [0.5, 0.6) is 0 Å². The number of halogens is 1. The summed E-state index contributed by atoms with van der Waals surface area (Å²) in [5.74, 6) is -1.03. The molecule has 2 aliphatic rings. The first-order valence-electron chi connectivity index (χ1n) is 8.67. The first kappa shape index (κ1) is 17.8. The maximum atomic E-state index is 12.9. The number of rotatable bonds is 3. The van der Waals surface area contributed by atoms with Gasteiger partial charge in [0.15, 0.2) is 0 Å². The highest BCUT2D eigenvalue weighted by molar-refractivity contribution is 6.33. The molecule has 1 aromatic carbocycles. The average Bonchev–Trinajstić information content (AvgIpc) is 3.03. The number of carbonyl (C=O) groups is 2. The molecule has 0 spiro atoms. The number of methoxy groups -OCH3 is 1. The Morgan fingerprint density at radius 3 is 2.85 bits per heavy atom. The van der Waals surface area contributed by atoms with Crippen molar-refractivity contribution in [2.45, 2.75) is 31.3 Å². The molecule has 1 aromatic heterocycles. The minimum Gasteiger partial charge on any atom is -0.465 e. The molecule has 1 fully saturated rings. The Balaban J connectivity index is 1.68. The molecule has 27 heavy (non-hydrogen) atoms. The topological polar surface area (TPSA) is 100 Å². The van der Waals surface area contributed by atoms with Crippen molar-refractivity contribution < 1.29 is 14.3 Å². The molecule has 2 aromatic rings. The van der Waals surface area contributed by atoms with Gasteiger partial charge in [-0.1, -0.05) is 11.6 Å². The third kappa shape index (κ3) is 3.24. The number of esters is 1. The van der Waals surface area contributed by atoms with E-state index in [1.165, 1.54) is 19.2 Å². The van der Waals surface area contributed by atoms with E-state index in [9.17, 15) is 14.4 Å². The second-order valence-electron chi connectivity index (χ2n) is 6.79. The number of pyridine rings is 1. The molecule has 7 nitrogen and oxygen atoms in total. The van der Waals surface area contributed by atoms with Crippen molar-refractivity contribution in [1.29, 1.82) is 0 Å². The van der Waals surface area contributed by atoms with Gasteiger partial charge in [-0.2, -0.15) is 0 Å². The Morgan fingerprint density at radius 2 is 2.07 bits per heavy atom. The number of aromatic nitrogens is 1. The third-order valence-corrected chi connectivity index (χ3v) is 5.41. The van der Waals surface area contributed by atoms with Gasteiger partial charge in [0.05, 0.1) is 17.7 Å². The fraction of sp³-hybridized carbons (Fsp3) is 0.316. The van der Waals surface area contributed by atoms with E-state index in [4.69, 9.17) is 16.3 Å². The summed E-state index contributed by atoms with van der Waals surface area (Å²) in [5.41, 5.74) is 2.26. The summed E-state index contributed by atoms with van der Waals surface area (Å²) in [7, 11) is 1.26. The SMILES string of the molecule is COC(=O)c1cc(NC(=O)c2[nH]c(=O)cc3c2C2CCC(C3)N2)ccc1Cl. The molecule has 8 heteroatoms. The molecule has 1 amide bonds. The van der Waals surface area contributed by atoms with Crippen LogP contribution in [0.1, 0.15) is 50.9 Å². The van der Waals surface area contributed by atoms with Gasteiger partial charge in [-0.3, -0.25) is 9.59 Å². The lowest BCUT2D eigenvalue weighted by atomic mass is 9.93. The van der Waals surface area contributed by atoms with E-state index in [0.717, 1.165) is 30.4 Å². The van der Waals surface area contributed by atoms with Gasteiger partial charge in [0, 0.05) is 29.4 Å². The fourth-order valence-electron chi connectivity index (χ4n) is 3.91. The number of fused-ring (bicyclic) bond motifs is 4. The van der Waals surface area contributed by atoms with Crippen LogP contribution in [0.3, 0.4) is 0 Å². The van der Waals surface area contributed by atoms with Crippen LogP contribution in [0, 0.1) is 0 Å². The lowest BCUT2D eigenvalue weighted by Crippen LogP contribution is -2.35. The summed E-state index contributed by atoms with van der Waals surface area (Å²) in [4.78, 5) is 39.4. The zero-order chi connectivity index (χ0) is 19.1. The number of carbonyl (C=O) groups excluding carboxylic acids is 2.